The summed E-state index contributed by atoms with van der Waals surface area (Å²) in [6.45, 7) is 1.37. The molecule has 1 aromatic heterocycles. The first kappa shape index (κ1) is 22.8. The van der Waals surface area contributed by atoms with Crippen molar-refractivity contribution in [1.82, 2.24) is 9.80 Å². The van der Waals surface area contributed by atoms with Crippen LogP contribution in [0, 0.1) is 0 Å². The zero-order valence-corrected chi connectivity index (χ0v) is 19.4. The molecule has 1 aliphatic rings. The van der Waals surface area contributed by atoms with Crippen LogP contribution in [0.5, 0.6) is 5.75 Å². The normalized spacial score (nSPS) is 16.0. The summed E-state index contributed by atoms with van der Waals surface area (Å²) in [7, 11) is 3.83. The number of amides is 1. The van der Waals surface area contributed by atoms with Gasteiger partial charge in [0.2, 0.25) is 5.78 Å². The standard InChI is InChI=1S/C26H26N2O4S/c1-27(2)13-14-28-23(22(25(30)26(28)31)24(29)21-12-7-15-33-21)19-10-6-11-20(16-19)32-17-18-8-4-3-5-9-18/h3-12,15-16,23,30H,13-14,17H2,1-2H3/t23-/m1/s1. The fourth-order valence-corrected chi connectivity index (χ4v) is 4.50. The van der Waals surface area contributed by atoms with E-state index in [0.29, 0.717) is 30.3 Å². The predicted octanol–water partition coefficient (Wildman–Crippen LogP) is 4.47. The summed E-state index contributed by atoms with van der Waals surface area (Å²) in [6, 6.07) is 20.0. The Balaban J connectivity index is 1.67. The summed E-state index contributed by atoms with van der Waals surface area (Å²) in [4.78, 5) is 30.3. The van der Waals surface area contributed by atoms with Crippen molar-refractivity contribution in [1.29, 1.82) is 0 Å². The lowest BCUT2D eigenvalue weighted by atomic mass is 9.95. The van der Waals surface area contributed by atoms with Crippen LogP contribution in [0.1, 0.15) is 26.8 Å². The maximum absolute atomic E-state index is 13.3. The van der Waals surface area contributed by atoms with Crippen LogP contribution in [0.15, 0.2) is 83.4 Å². The van der Waals surface area contributed by atoms with E-state index >= 15 is 0 Å². The molecule has 33 heavy (non-hydrogen) atoms. The quantitative estimate of drug-likeness (QED) is 0.475. The van der Waals surface area contributed by atoms with Crippen LogP contribution in [0.4, 0.5) is 0 Å². The lowest BCUT2D eigenvalue weighted by molar-refractivity contribution is -0.129. The Morgan fingerprint density at radius 3 is 2.58 bits per heavy atom. The van der Waals surface area contributed by atoms with Gasteiger partial charge in [-0.3, -0.25) is 9.59 Å². The van der Waals surface area contributed by atoms with Gasteiger partial charge in [-0.15, -0.1) is 11.3 Å². The van der Waals surface area contributed by atoms with Crippen molar-refractivity contribution < 1.29 is 19.4 Å². The number of Topliss-reactive ketones (excluding diaryl/α,β-unsaturated/α-hetero) is 1. The fraction of sp³-hybridized carbons (Fsp3) is 0.231. The average Bonchev–Trinajstić information content (AvgIpc) is 3.44. The monoisotopic (exact) mass is 462 g/mol. The van der Waals surface area contributed by atoms with E-state index in [9.17, 15) is 14.7 Å². The summed E-state index contributed by atoms with van der Waals surface area (Å²) in [5.74, 6) is -0.709. The highest BCUT2D eigenvalue weighted by atomic mass is 32.1. The summed E-state index contributed by atoms with van der Waals surface area (Å²) in [5.41, 5.74) is 1.87. The Morgan fingerprint density at radius 2 is 1.88 bits per heavy atom. The third-order valence-electron chi connectivity index (χ3n) is 5.50. The molecule has 3 aromatic rings. The van der Waals surface area contributed by atoms with E-state index in [2.05, 4.69) is 0 Å². The number of ether oxygens (including phenoxy) is 1. The van der Waals surface area contributed by atoms with Gasteiger partial charge >= 0.3 is 0 Å². The van der Waals surface area contributed by atoms with Gasteiger partial charge in [-0.2, -0.15) is 0 Å². The summed E-state index contributed by atoms with van der Waals surface area (Å²) < 4.78 is 5.97. The molecule has 0 bridgehead atoms. The maximum atomic E-state index is 13.3. The number of carbonyl (C=O) groups excluding carboxylic acids is 2. The first-order valence-electron chi connectivity index (χ1n) is 10.7. The molecule has 0 unspecified atom stereocenters. The number of hydrogen-bond donors (Lipinski definition) is 1. The van der Waals surface area contributed by atoms with E-state index < -0.39 is 17.7 Å². The number of nitrogens with zero attached hydrogens (tertiary/aromatic N) is 2. The molecular weight excluding hydrogens is 436 g/mol. The van der Waals surface area contributed by atoms with Crippen molar-refractivity contribution in [2.24, 2.45) is 0 Å². The van der Waals surface area contributed by atoms with Crippen LogP contribution in [0.25, 0.3) is 0 Å². The molecule has 1 atom stereocenters. The molecule has 0 saturated heterocycles. The molecule has 170 valence electrons. The molecular formula is C26H26N2O4S. The molecule has 6 nitrogen and oxygen atoms in total. The summed E-state index contributed by atoms with van der Waals surface area (Å²) in [6.07, 6.45) is 0. The Bertz CT molecular complexity index is 1160. The molecule has 0 aliphatic carbocycles. The van der Waals surface area contributed by atoms with Crippen LogP contribution < -0.4 is 4.74 Å². The van der Waals surface area contributed by atoms with Gasteiger partial charge in [0.1, 0.15) is 12.4 Å². The lowest BCUT2D eigenvalue weighted by Gasteiger charge is -2.28. The van der Waals surface area contributed by atoms with E-state index in [-0.39, 0.29) is 11.4 Å². The van der Waals surface area contributed by atoms with Crippen molar-refractivity contribution in [3.05, 3.63) is 99.4 Å². The van der Waals surface area contributed by atoms with Crippen LogP contribution in [0.3, 0.4) is 0 Å². The minimum absolute atomic E-state index is 0.112. The van der Waals surface area contributed by atoms with Crippen molar-refractivity contribution in [3.63, 3.8) is 0 Å². The Kier molecular flexibility index (Phi) is 6.91. The van der Waals surface area contributed by atoms with E-state index in [0.717, 1.165) is 11.1 Å². The number of aliphatic hydroxyl groups excluding tert-OH is 1. The molecule has 7 heteroatoms. The second-order valence-electron chi connectivity index (χ2n) is 8.12. The number of likely N-dealkylation sites (N-methyl/N-ethyl adjacent to an activating group) is 1. The number of carbonyl (C=O) groups is 2. The highest BCUT2D eigenvalue weighted by Gasteiger charge is 2.43. The highest BCUT2D eigenvalue weighted by molar-refractivity contribution is 7.12. The molecule has 4 rings (SSSR count). The van der Waals surface area contributed by atoms with Crippen molar-refractivity contribution in [2.45, 2.75) is 12.6 Å². The number of aliphatic hydroxyl groups is 1. The van der Waals surface area contributed by atoms with E-state index in [1.54, 1.807) is 22.4 Å². The average molecular weight is 463 g/mol. The maximum Gasteiger partial charge on any atom is 0.290 e. The first-order valence-corrected chi connectivity index (χ1v) is 11.6. The van der Waals surface area contributed by atoms with Crippen LogP contribution in [-0.2, 0) is 11.4 Å². The zero-order valence-electron chi connectivity index (χ0n) is 18.6. The molecule has 1 amide bonds. The molecule has 1 N–H and O–H groups in total. The lowest BCUT2D eigenvalue weighted by Crippen LogP contribution is -2.36. The second-order valence-corrected chi connectivity index (χ2v) is 9.07. The van der Waals surface area contributed by atoms with Gasteiger partial charge in [-0.1, -0.05) is 48.5 Å². The van der Waals surface area contributed by atoms with Gasteiger partial charge in [0.15, 0.2) is 5.76 Å². The molecule has 2 aromatic carbocycles. The number of benzene rings is 2. The van der Waals surface area contributed by atoms with E-state index in [1.165, 1.54) is 11.3 Å². The smallest absolute Gasteiger partial charge is 0.290 e. The SMILES string of the molecule is CN(C)CCN1C(=O)C(O)=C(C(=O)c2cccs2)[C@H]1c1cccc(OCc2ccccc2)c1. The van der Waals surface area contributed by atoms with Crippen molar-refractivity contribution >= 4 is 23.0 Å². The topological polar surface area (TPSA) is 70.1 Å². The van der Waals surface area contributed by atoms with E-state index in [1.807, 2.05) is 73.6 Å². The fourth-order valence-electron chi connectivity index (χ4n) is 3.83. The highest BCUT2D eigenvalue weighted by Crippen LogP contribution is 2.40. The van der Waals surface area contributed by atoms with Gasteiger partial charge in [0.25, 0.3) is 5.91 Å². The minimum Gasteiger partial charge on any atom is -0.503 e. The van der Waals surface area contributed by atoms with Gasteiger partial charge in [0.05, 0.1) is 16.5 Å². The van der Waals surface area contributed by atoms with E-state index in [4.69, 9.17) is 4.74 Å². The van der Waals surface area contributed by atoms with Crippen molar-refractivity contribution in [3.8, 4) is 5.75 Å². The van der Waals surface area contributed by atoms with Crippen LogP contribution >= 0.6 is 11.3 Å². The molecule has 1 aliphatic heterocycles. The second kappa shape index (κ2) is 10.0. The minimum atomic E-state index is -0.688. The first-order chi connectivity index (χ1) is 16.0. The summed E-state index contributed by atoms with van der Waals surface area (Å²) in [5, 5.41) is 12.5. The van der Waals surface area contributed by atoms with Gasteiger partial charge in [-0.25, -0.2) is 0 Å². The largest absolute Gasteiger partial charge is 0.503 e. The van der Waals surface area contributed by atoms with Gasteiger partial charge < -0.3 is 19.6 Å². The molecule has 2 heterocycles. The number of thiophene rings is 1. The Labute approximate surface area is 197 Å². The Morgan fingerprint density at radius 1 is 1.09 bits per heavy atom. The molecule has 0 spiro atoms. The number of hydrogen-bond acceptors (Lipinski definition) is 6. The van der Waals surface area contributed by atoms with Gasteiger partial charge in [0, 0.05) is 13.1 Å². The van der Waals surface area contributed by atoms with Crippen LogP contribution in [0.2, 0.25) is 0 Å². The number of rotatable bonds is 9. The predicted molar refractivity (Wildman–Crippen MR) is 129 cm³/mol. The molecule has 0 radical (unpaired) electrons. The third kappa shape index (κ3) is 4.99. The van der Waals surface area contributed by atoms with Crippen molar-refractivity contribution in [2.75, 3.05) is 27.2 Å². The number of ketones is 1. The van der Waals surface area contributed by atoms with Crippen LogP contribution in [-0.4, -0.2) is 53.8 Å². The summed E-state index contributed by atoms with van der Waals surface area (Å²) >= 11 is 1.29. The zero-order chi connectivity index (χ0) is 23.4. The molecule has 0 saturated carbocycles. The third-order valence-corrected chi connectivity index (χ3v) is 6.37. The Hall–Kier alpha value is -3.42. The van der Waals surface area contributed by atoms with Gasteiger partial charge in [-0.05, 0) is 48.8 Å². The molecule has 0 fully saturated rings.